The molecule has 0 saturated carbocycles. The summed E-state index contributed by atoms with van der Waals surface area (Å²) in [5.74, 6) is 0. The van der Waals surface area contributed by atoms with Crippen molar-refractivity contribution < 1.29 is 9.47 Å². The third-order valence-corrected chi connectivity index (χ3v) is 2.70. The summed E-state index contributed by atoms with van der Waals surface area (Å²) >= 11 is 5.91. The Hall–Kier alpha value is -0.840. The van der Waals surface area contributed by atoms with E-state index in [0.29, 0.717) is 18.4 Å². The number of halogens is 1. The molecule has 0 unspecified atom stereocenters. The molecule has 0 saturated heterocycles. The minimum Gasteiger partial charge on any atom is -0.380 e. The molecule has 5 heteroatoms. The Morgan fingerprint density at radius 2 is 1.78 bits per heavy atom. The van der Waals surface area contributed by atoms with E-state index in [-0.39, 0.29) is 0 Å². The summed E-state index contributed by atoms with van der Waals surface area (Å²) in [5.41, 5.74) is 1.05. The molecule has 1 aromatic heterocycles. The highest BCUT2D eigenvalue weighted by Gasteiger charge is 2.07. The van der Waals surface area contributed by atoms with Gasteiger partial charge in [0.1, 0.15) is 5.15 Å². The summed E-state index contributed by atoms with van der Waals surface area (Å²) in [6.45, 7) is 8.49. The lowest BCUT2D eigenvalue weighted by molar-refractivity contribution is 0.141. The fourth-order valence-corrected chi connectivity index (χ4v) is 1.77. The zero-order valence-electron chi connectivity index (χ0n) is 11.1. The molecule has 1 aromatic rings. The molecule has 0 aliphatic rings. The molecule has 0 radical (unpaired) electrons. The third-order valence-electron chi connectivity index (χ3n) is 2.49. The van der Waals surface area contributed by atoms with Crippen molar-refractivity contribution in [3.05, 3.63) is 23.5 Å². The van der Waals surface area contributed by atoms with Gasteiger partial charge in [0.15, 0.2) is 0 Å². The molecular weight excluding hydrogens is 252 g/mol. The topological polar surface area (TPSA) is 34.6 Å². The van der Waals surface area contributed by atoms with Gasteiger partial charge < -0.3 is 14.4 Å². The fourth-order valence-electron chi connectivity index (χ4n) is 1.60. The summed E-state index contributed by atoms with van der Waals surface area (Å²) in [4.78, 5) is 6.18. The first-order chi connectivity index (χ1) is 8.77. The fraction of sp³-hybridized carbons (Fsp3) is 0.615. The Morgan fingerprint density at radius 3 is 2.28 bits per heavy atom. The van der Waals surface area contributed by atoms with Gasteiger partial charge >= 0.3 is 0 Å². The minimum atomic E-state index is 0.505. The van der Waals surface area contributed by atoms with Crippen molar-refractivity contribution in [3.8, 4) is 0 Å². The zero-order valence-corrected chi connectivity index (χ0v) is 11.8. The lowest BCUT2D eigenvalue weighted by Gasteiger charge is -2.24. The number of nitrogens with zero attached hydrogens (tertiary/aromatic N) is 2. The van der Waals surface area contributed by atoms with Crippen molar-refractivity contribution in [3.63, 3.8) is 0 Å². The van der Waals surface area contributed by atoms with Gasteiger partial charge in [-0.15, -0.1) is 0 Å². The Kier molecular flexibility index (Phi) is 7.73. The van der Waals surface area contributed by atoms with Crippen LogP contribution in [0, 0.1) is 0 Å². The lowest BCUT2D eigenvalue weighted by atomic mass is 10.3. The van der Waals surface area contributed by atoms with E-state index in [9.17, 15) is 0 Å². The third kappa shape index (κ3) is 5.67. The van der Waals surface area contributed by atoms with Crippen LogP contribution in [-0.2, 0) is 9.47 Å². The molecule has 0 fully saturated rings. The summed E-state index contributed by atoms with van der Waals surface area (Å²) in [6.07, 6.45) is 1.71. The Bertz CT molecular complexity index is 327. The van der Waals surface area contributed by atoms with Gasteiger partial charge in [0.05, 0.1) is 13.2 Å². The Labute approximate surface area is 114 Å². The van der Waals surface area contributed by atoms with Crippen molar-refractivity contribution in [1.82, 2.24) is 4.98 Å². The summed E-state index contributed by atoms with van der Waals surface area (Å²) in [6, 6.07) is 3.81. The van der Waals surface area contributed by atoms with Gasteiger partial charge in [0, 0.05) is 38.2 Å². The van der Waals surface area contributed by atoms with Crippen LogP contribution >= 0.6 is 11.6 Å². The molecule has 0 bridgehead atoms. The van der Waals surface area contributed by atoms with Crippen LogP contribution in [0.2, 0.25) is 5.15 Å². The SMILES string of the molecule is CCOCCN(CCOCC)c1ccnc(Cl)c1. The molecule has 0 spiro atoms. The predicted octanol–water partition coefficient (Wildman–Crippen LogP) is 2.61. The predicted molar refractivity (Wildman–Crippen MR) is 74.4 cm³/mol. The smallest absolute Gasteiger partial charge is 0.131 e. The van der Waals surface area contributed by atoms with Crippen molar-refractivity contribution in [2.24, 2.45) is 0 Å². The number of pyridine rings is 1. The first kappa shape index (κ1) is 15.2. The van der Waals surface area contributed by atoms with E-state index in [1.807, 2.05) is 26.0 Å². The summed E-state index contributed by atoms with van der Waals surface area (Å²) in [5, 5.41) is 0.505. The van der Waals surface area contributed by atoms with E-state index in [1.165, 1.54) is 0 Å². The number of ether oxygens (including phenoxy) is 2. The maximum Gasteiger partial charge on any atom is 0.131 e. The number of rotatable bonds is 9. The van der Waals surface area contributed by atoms with Gasteiger partial charge in [-0.25, -0.2) is 4.98 Å². The normalized spacial score (nSPS) is 10.6. The van der Waals surface area contributed by atoms with Crippen LogP contribution in [0.25, 0.3) is 0 Å². The number of anilines is 1. The second-order valence-corrected chi connectivity index (χ2v) is 4.10. The number of hydrogen-bond acceptors (Lipinski definition) is 4. The van der Waals surface area contributed by atoms with Gasteiger partial charge in [-0.05, 0) is 26.0 Å². The first-order valence-corrected chi connectivity index (χ1v) is 6.67. The van der Waals surface area contributed by atoms with E-state index in [4.69, 9.17) is 21.1 Å². The van der Waals surface area contributed by atoms with Gasteiger partial charge in [-0.2, -0.15) is 0 Å². The Morgan fingerprint density at radius 1 is 1.17 bits per heavy atom. The molecule has 4 nitrogen and oxygen atoms in total. The molecular formula is C13H21ClN2O2. The van der Waals surface area contributed by atoms with E-state index < -0.39 is 0 Å². The number of hydrogen-bond donors (Lipinski definition) is 0. The molecule has 0 aliphatic carbocycles. The Balaban J connectivity index is 2.57. The average Bonchev–Trinajstić information content (AvgIpc) is 2.37. The summed E-state index contributed by atoms with van der Waals surface area (Å²) < 4.78 is 10.8. The quantitative estimate of drug-likeness (QED) is 0.511. The van der Waals surface area contributed by atoms with Gasteiger partial charge in [-0.1, -0.05) is 11.6 Å². The van der Waals surface area contributed by atoms with E-state index in [2.05, 4.69) is 9.88 Å². The maximum atomic E-state index is 5.91. The van der Waals surface area contributed by atoms with Crippen LogP contribution in [0.15, 0.2) is 18.3 Å². The van der Waals surface area contributed by atoms with Crippen molar-refractivity contribution in [1.29, 1.82) is 0 Å². The molecule has 18 heavy (non-hydrogen) atoms. The maximum absolute atomic E-state index is 5.91. The molecule has 1 heterocycles. The van der Waals surface area contributed by atoms with Crippen LogP contribution < -0.4 is 4.90 Å². The molecule has 0 amide bonds. The van der Waals surface area contributed by atoms with Crippen molar-refractivity contribution >= 4 is 17.3 Å². The average molecular weight is 273 g/mol. The van der Waals surface area contributed by atoms with Crippen LogP contribution in [0.3, 0.4) is 0 Å². The van der Waals surface area contributed by atoms with E-state index >= 15 is 0 Å². The minimum absolute atomic E-state index is 0.505. The van der Waals surface area contributed by atoms with Crippen LogP contribution in [0.4, 0.5) is 5.69 Å². The van der Waals surface area contributed by atoms with Crippen molar-refractivity contribution in [2.45, 2.75) is 13.8 Å². The van der Waals surface area contributed by atoms with E-state index in [1.54, 1.807) is 6.20 Å². The molecule has 0 aliphatic heterocycles. The van der Waals surface area contributed by atoms with Crippen LogP contribution in [0.5, 0.6) is 0 Å². The molecule has 102 valence electrons. The molecule has 0 N–H and O–H groups in total. The number of aromatic nitrogens is 1. The van der Waals surface area contributed by atoms with E-state index in [0.717, 1.165) is 32.0 Å². The van der Waals surface area contributed by atoms with Crippen LogP contribution in [-0.4, -0.2) is 44.5 Å². The molecule has 1 rings (SSSR count). The lowest BCUT2D eigenvalue weighted by Crippen LogP contribution is -2.31. The van der Waals surface area contributed by atoms with Gasteiger partial charge in [0.2, 0.25) is 0 Å². The second-order valence-electron chi connectivity index (χ2n) is 3.72. The molecule has 0 aromatic carbocycles. The standard InChI is InChI=1S/C13H21ClN2O2/c1-3-17-9-7-16(8-10-18-4-2)12-5-6-15-13(14)11-12/h5-6,11H,3-4,7-10H2,1-2H3. The molecule has 0 atom stereocenters. The zero-order chi connectivity index (χ0) is 13.2. The van der Waals surface area contributed by atoms with Gasteiger partial charge in [0.25, 0.3) is 0 Å². The van der Waals surface area contributed by atoms with Gasteiger partial charge in [-0.3, -0.25) is 0 Å². The largest absolute Gasteiger partial charge is 0.380 e. The highest BCUT2D eigenvalue weighted by Crippen LogP contribution is 2.16. The first-order valence-electron chi connectivity index (χ1n) is 6.30. The second kappa shape index (κ2) is 9.14. The highest BCUT2D eigenvalue weighted by atomic mass is 35.5. The monoisotopic (exact) mass is 272 g/mol. The van der Waals surface area contributed by atoms with Crippen molar-refractivity contribution in [2.75, 3.05) is 44.4 Å². The summed E-state index contributed by atoms with van der Waals surface area (Å²) in [7, 11) is 0. The highest BCUT2D eigenvalue weighted by molar-refractivity contribution is 6.29. The van der Waals surface area contributed by atoms with Crippen LogP contribution in [0.1, 0.15) is 13.8 Å².